The average Bonchev–Trinajstić information content (AvgIpc) is 2.81. The zero-order valence-corrected chi connectivity index (χ0v) is 17.5. The summed E-state index contributed by atoms with van der Waals surface area (Å²) in [6.45, 7) is 3.18. The van der Waals surface area contributed by atoms with E-state index in [2.05, 4.69) is 18.2 Å². The second-order valence-corrected chi connectivity index (χ2v) is 8.15. The zero-order chi connectivity index (χ0) is 21.5. The molecule has 0 spiro atoms. The molecular formula is C23H21N5OS. The van der Waals surface area contributed by atoms with Gasteiger partial charge in [0.1, 0.15) is 29.3 Å². The molecule has 1 saturated heterocycles. The monoisotopic (exact) mass is 415 g/mol. The molecule has 0 amide bonds. The fourth-order valence-corrected chi connectivity index (χ4v) is 4.67. The maximum Gasteiger partial charge on any atom is 0.148 e. The number of hydrogen-bond acceptors (Lipinski definition) is 7. The molecule has 0 radical (unpaired) electrons. The smallest absolute Gasteiger partial charge is 0.148 e. The van der Waals surface area contributed by atoms with Crippen LogP contribution < -0.4 is 4.90 Å². The number of pyridine rings is 1. The minimum Gasteiger partial charge on any atom is -0.355 e. The van der Waals surface area contributed by atoms with Gasteiger partial charge in [-0.15, -0.1) is 0 Å². The van der Waals surface area contributed by atoms with Crippen LogP contribution in [0.5, 0.6) is 0 Å². The molecule has 7 heteroatoms. The van der Waals surface area contributed by atoms with Crippen molar-refractivity contribution in [1.82, 2.24) is 4.98 Å². The molecule has 1 aromatic carbocycles. The number of benzene rings is 1. The number of carbonyl (C=O) groups is 1. The third-order valence-electron chi connectivity index (χ3n) is 5.29. The molecule has 0 N–H and O–H groups in total. The van der Waals surface area contributed by atoms with Crippen LogP contribution >= 0.6 is 11.8 Å². The summed E-state index contributed by atoms with van der Waals surface area (Å²) in [5.41, 5.74) is 2.27. The number of aromatic nitrogens is 1. The highest BCUT2D eigenvalue weighted by atomic mass is 32.2. The molecule has 30 heavy (non-hydrogen) atoms. The Morgan fingerprint density at radius 1 is 1.17 bits per heavy atom. The van der Waals surface area contributed by atoms with Gasteiger partial charge in [0, 0.05) is 19.0 Å². The number of piperidine rings is 1. The number of rotatable bonds is 6. The molecule has 0 saturated carbocycles. The lowest BCUT2D eigenvalue weighted by atomic mass is 9.97. The van der Waals surface area contributed by atoms with Gasteiger partial charge in [0.15, 0.2) is 0 Å². The van der Waals surface area contributed by atoms with Crippen molar-refractivity contribution in [2.75, 3.05) is 18.0 Å². The predicted octanol–water partition coefficient (Wildman–Crippen LogP) is 4.16. The van der Waals surface area contributed by atoms with Gasteiger partial charge in [0.2, 0.25) is 0 Å². The molecule has 2 heterocycles. The van der Waals surface area contributed by atoms with E-state index in [1.54, 1.807) is 0 Å². The fraction of sp³-hybridized carbons (Fsp3) is 0.348. The highest BCUT2D eigenvalue weighted by Gasteiger charge is 2.27. The molecule has 1 unspecified atom stereocenters. The Morgan fingerprint density at radius 3 is 2.37 bits per heavy atom. The second kappa shape index (κ2) is 9.92. The van der Waals surface area contributed by atoms with Crippen molar-refractivity contribution in [2.24, 2.45) is 5.92 Å². The third-order valence-corrected chi connectivity index (χ3v) is 6.45. The summed E-state index contributed by atoms with van der Waals surface area (Å²) in [4.78, 5) is 18.6. The fourth-order valence-electron chi connectivity index (χ4n) is 3.66. The van der Waals surface area contributed by atoms with Gasteiger partial charge in [-0.25, -0.2) is 4.98 Å². The van der Waals surface area contributed by atoms with E-state index in [0.29, 0.717) is 59.9 Å². The van der Waals surface area contributed by atoms with Gasteiger partial charge in [-0.3, -0.25) is 0 Å². The van der Waals surface area contributed by atoms with E-state index in [-0.39, 0.29) is 5.92 Å². The minimum absolute atomic E-state index is 0.0159. The summed E-state index contributed by atoms with van der Waals surface area (Å²) in [6.07, 6.45) is 2.80. The summed E-state index contributed by atoms with van der Waals surface area (Å²) in [6, 6.07) is 16.1. The van der Waals surface area contributed by atoms with E-state index in [1.165, 1.54) is 11.8 Å². The molecule has 2 aromatic rings. The molecule has 150 valence electrons. The van der Waals surface area contributed by atoms with Crippen LogP contribution in [-0.2, 0) is 11.2 Å². The van der Waals surface area contributed by atoms with E-state index in [0.717, 1.165) is 11.8 Å². The summed E-state index contributed by atoms with van der Waals surface area (Å²) in [5, 5.41) is 28.8. The van der Waals surface area contributed by atoms with Gasteiger partial charge in [-0.05, 0) is 30.4 Å². The van der Waals surface area contributed by atoms with Gasteiger partial charge in [0.05, 0.1) is 22.4 Å². The number of hydrogen-bond donors (Lipinski definition) is 0. The molecule has 1 fully saturated rings. The lowest BCUT2D eigenvalue weighted by molar-refractivity contribution is -0.107. The Hall–Kier alpha value is -3.34. The molecular weight excluding hydrogens is 394 g/mol. The summed E-state index contributed by atoms with van der Waals surface area (Å²) in [5.74, 6) is 0.562. The number of nitrogens with zero attached hydrogens (tertiary/aromatic N) is 5. The van der Waals surface area contributed by atoms with Crippen LogP contribution in [0, 0.1) is 39.9 Å². The predicted molar refractivity (Wildman–Crippen MR) is 115 cm³/mol. The van der Waals surface area contributed by atoms with Crippen molar-refractivity contribution in [1.29, 1.82) is 15.8 Å². The Kier molecular flexibility index (Phi) is 7.07. The van der Waals surface area contributed by atoms with Crippen LogP contribution in [0.25, 0.3) is 0 Å². The van der Waals surface area contributed by atoms with Gasteiger partial charge < -0.3 is 9.69 Å². The lowest BCUT2D eigenvalue weighted by Gasteiger charge is -2.31. The molecule has 0 aliphatic carbocycles. The van der Waals surface area contributed by atoms with Crippen molar-refractivity contribution in [3.8, 4) is 18.2 Å². The molecule has 1 aromatic heterocycles. The number of aldehydes is 1. The third kappa shape index (κ3) is 4.30. The van der Waals surface area contributed by atoms with Crippen molar-refractivity contribution < 1.29 is 4.79 Å². The highest BCUT2D eigenvalue weighted by Crippen LogP contribution is 2.39. The molecule has 0 bridgehead atoms. The largest absolute Gasteiger partial charge is 0.355 e. The van der Waals surface area contributed by atoms with Crippen molar-refractivity contribution in [2.45, 2.75) is 36.5 Å². The summed E-state index contributed by atoms with van der Waals surface area (Å²) >= 11 is 1.23. The van der Waals surface area contributed by atoms with Crippen LogP contribution in [0.2, 0.25) is 0 Å². The number of nitriles is 3. The molecule has 1 atom stereocenters. The number of thioether (sulfide) groups is 1. The highest BCUT2D eigenvalue weighted by molar-refractivity contribution is 8.00. The number of anilines is 1. The average molecular weight is 416 g/mol. The van der Waals surface area contributed by atoms with E-state index < -0.39 is 5.25 Å². The first-order chi connectivity index (χ1) is 14.7. The molecule has 1 aliphatic heterocycles. The Bertz CT molecular complexity index is 1040. The van der Waals surface area contributed by atoms with Gasteiger partial charge in [-0.1, -0.05) is 49.0 Å². The van der Waals surface area contributed by atoms with Gasteiger partial charge in [-0.2, -0.15) is 15.8 Å². The normalized spacial score (nSPS) is 14.9. The van der Waals surface area contributed by atoms with Crippen molar-refractivity contribution >= 4 is 23.9 Å². The van der Waals surface area contributed by atoms with Crippen LogP contribution in [0.15, 0.2) is 35.4 Å². The number of carbonyl (C=O) groups excluding carboxylic acids is 1. The van der Waals surface area contributed by atoms with Gasteiger partial charge in [0.25, 0.3) is 0 Å². The molecule has 3 rings (SSSR count). The van der Waals surface area contributed by atoms with Crippen LogP contribution in [0.4, 0.5) is 5.82 Å². The summed E-state index contributed by atoms with van der Waals surface area (Å²) < 4.78 is 0. The maximum atomic E-state index is 11.8. The van der Waals surface area contributed by atoms with E-state index in [9.17, 15) is 15.3 Å². The van der Waals surface area contributed by atoms with Crippen LogP contribution in [-0.4, -0.2) is 24.4 Å². The molecule has 1 aliphatic rings. The first-order valence-electron chi connectivity index (χ1n) is 9.85. The summed E-state index contributed by atoms with van der Waals surface area (Å²) in [7, 11) is 0. The minimum atomic E-state index is -0.499. The lowest BCUT2D eigenvalue weighted by Crippen LogP contribution is -2.34. The van der Waals surface area contributed by atoms with E-state index in [4.69, 9.17) is 10.2 Å². The standard InChI is InChI=1S/C23H21N5OS/c1-2-18-19(13-25)22(28-10-8-16(12-24)9-11-28)27-23(20(18)14-26)30-21(15-29)17-6-4-3-5-7-17/h3-7,15-16,21H,2,8-11H2,1H3. The maximum absolute atomic E-state index is 11.8. The quantitative estimate of drug-likeness (QED) is 0.515. The van der Waals surface area contributed by atoms with Crippen LogP contribution in [0.1, 0.15) is 47.3 Å². The van der Waals surface area contributed by atoms with Crippen molar-refractivity contribution in [3.63, 3.8) is 0 Å². The first-order valence-corrected chi connectivity index (χ1v) is 10.7. The van der Waals surface area contributed by atoms with E-state index >= 15 is 0 Å². The Labute approximate surface area is 180 Å². The Balaban J connectivity index is 2.06. The molecule has 6 nitrogen and oxygen atoms in total. The Morgan fingerprint density at radius 2 is 1.83 bits per heavy atom. The second-order valence-electron chi connectivity index (χ2n) is 7.02. The SMILES string of the molecule is CCc1c(C#N)c(SC(C=O)c2ccccc2)nc(N2CCC(C#N)CC2)c1C#N. The van der Waals surface area contributed by atoms with Crippen LogP contribution in [0.3, 0.4) is 0 Å². The van der Waals surface area contributed by atoms with Crippen molar-refractivity contribution in [3.05, 3.63) is 52.6 Å². The zero-order valence-electron chi connectivity index (χ0n) is 16.7. The van der Waals surface area contributed by atoms with Gasteiger partial charge >= 0.3 is 0 Å². The topological polar surface area (TPSA) is 105 Å². The first kappa shape index (κ1) is 21.4. The van der Waals surface area contributed by atoms with E-state index in [1.807, 2.05) is 42.2 Å².